The number of allylic oxidation sites excluding steroid dienone is 2. The second-order valence-electron chi connectivity index (χ2n) is 10.3. The molecule has 2 aliphatic heterocycles. The quantitative estimate of drug-likeness (QED) is 0.124. The van der Waals surface area contributed by atoms with Crippen LogP contribution in [0.1, 0.15) is 13.8 Å². The predicted octanol–water partition coefficient (Wildman–Crippen LogP) is 7.71. The molecule has 0 N–H and O–H groups in total. The van der Waals surface area contributed by atoms with E-state index in [1.54, 1.807) is 0 Å². The molecule has 3 aromatic heterocycles. The largest absolute Gasteiger partial charge is 2.00 e. The molecule has 5 heterocycles. The van der Waals surface area contributed by atoms with Gasteiger partial charge in [0.05, 0.1) is 23.3 Å². The first-order chi connectivity index (χ1) is 21.7. The van der Waals surface area contributed by atoms with Gasteiger partial charge >= 0.3 is 17.1 Å². The van der Waals surface area contributed by atoms with Crippen molar-refractivity contribution >= 4 is 44.1 Å². The summed E-state index contributed by atoms with van der Waals surface area (Å²) in [5.41, 5.74) is 5.78. The van der Waals surface area contributed by atoms with Gasteiger partial charge in [0.15, 0.2) is 0 Å². The van der Waals surface area contributed by atoms with Gasteiger partial charge in [0.1, 0.15) is 0 Å². The molecule has 7 aromatic rings. The first kappa shape index (κ1) is 28.3. The Hall–Kier alpha value is -5.50. The summed E-state index contributed by atoms with van der Waals surface area (Å²) in [6, 6.07) is 31.8. The number of nitrogens with zero attached hydrogens (tertiary/aromatic N) is 8. The van der Waals surface area contributed by atoms with Crippen molar-refractivity contribution in [2.75, 3.05) is 0 Å². The zero-order valence-corrected chi connectivity index (χ0v) is 25.2. The van der Waals surface area contributed by atoms with Gasteiger partial charge < -0.3 is 29.9 Å². The van der Waals surface area contributed by atoms with Gasteiger partial charge in [-0.15, -0.1) is 0 Å². The normalized spacial score (nSPS) is 11.5. The van der Waals surface area contributed by atoms with Crippen LogP contribution in [0.5, 0.6) is 0 Å². The fourth-order valence-corrected chi connectivity index (χ4v) is 5.46. The molecule has 0 spiro atoms. The Kier molecular flexibility index (Phi) is 7.25. The molecule has 0 aliphatic carbocycles. The Morgan fingerprint density at radius 1 is 0.378 bits per heavy atom. The van der Waals surface area contributed by atoms with E-state index in [1.165, 1.54) is 0 Å². The smallest absolute Gasteiger partial charge is 0.357 e. The average molecular weight is 632 g/mol. The van der Waals surface area contributed by atoms with E-state index in [2.05, 4.69) is 0 Å². The maximum atomic E-state index is 4.95. The van der Waals surface area contributed by atoms with E-state index in [9.17, 15) is 0 Å². The molecule has 219 valence electrons. The van der Waals surface area contributed by atoms with E-state index in [0.29, 0.717) is 45.9 Å². The molecule has 0 saturated heterocycles. The van der Waals surface area contributed by atoms with Crippen molar-refractivity contribution in [2.45, 2.75) is 13.8 Å². The van der Waals surface area contributed by atoms with Gasteiger partial charge in [-0.05, 0) is 35.4 Å². The van der Waals surface area contributed by atoms with Crippen LogP contribution in [0.4, 0.5) is 0 Å². The van der Waals surface area contributed by atoms with Gasteiger partial charge in [0.2, 0.25) is 0 Å². The number of benzene rings is 4. The SMILES string of the molecule is C/C=C\C.[Cu+2].c1ccc2c(c1)-c1nc-2nc2[n-]c(nc3nc(nc4[n-]c(n1)c1ccccc41)-c1ccccc1-3)c1ccccc21. The minimum atomic E-state index is 0. The summed E-state index contributed by atoms with van der Waals surface area (Å²) in [5, 5.41) is 3.57. The number of hydrogen-bond acceptors (Lipinski definition) is 6. The Balaban J connectivity index is 0.000000617. The summed E-state index contributed by atoms with van der Waals surface area (Å²) in [6.45, 7) is 4.00. The predicted molar refractivity (Wildman–Crippen MR) is 174 cm³/mol. The third-order valence-electron chi connectivity index (χ3n) is 7.66. The van der Waals surface area contributed by atoms with Crippen LogP contribution in [0.2, 0.25) is 0 Å². The van der Waals surface area contributed by atoms with Crippen molar-refractivity contribution in [1.82, 2.24) is 39.9 Å². The van der Waals surface area contributed by atoms with E-state index in [0.717, 1.165) is 43.8 Å². The molecule has 8 bridgehead atoms. The third kappa shape index (κ3) is 4.79. The molecule has 9 rings (SSSR count). The van der Waals surface area contributed by atoms with Crippen LogP contribution in [-0.2, 0) is 17.1 Å². The summed E-state index contributed by atoms with van der Waals surface area (Å²) in [5.74, 6) is 2.21. The molecule has 8 nitrogen and oxygen atoms in total. The maximum Gasteiger partial charge on any atom is 2.00 e. The van der Waals surface area contributed by atoms with Crippen molar-refractivity contribution in [3.63, 3.8) is 0 Å². The molecule has 1 radical (unpaired) electrons. The molecule has 0 saturated carbocycles. The van der Waals surface area contributed by atoms with Crippen molar-refractivity contribution in [3.05, 3.63) is 109 Å². The van der Waals surface area contributed by atoms with Crippen molar-refractivity contribution in [3.8, 4) is 45.6 Å². The Bertz CT molecular complexity index is 2120. The average Bonchev–Trinajstić information content (AvgIpc) is 3.81. The first-order valence-electron chi connectivity index (χ1n) is 14.4. The van der Waals surface area contributed by atoms with Crippen LogP contribution in [0, 0.1) is 0 Å². The number of rotatable bonds is 0. The second kappa shape index (κ2) is 11.5. The van der Waals surface area contributed by atoms with E-state index >= 15 is 0 Å². The monoisotopic (exact) mass is 631 g/mol. The molecule has 0 fully saturated rings. The van der Waals surface area contributed by atoms with Crippen LogP contribution >= 0.6 is 0 Å². The van der Waals surface area contributed by atoms with Gasteiger partial charge in [0.25, 0.3) is 0 Å². The Morgan fingerprint density at radius 3 is 0.867 bits per heavy atom. The Labute approximate surface area is 268 Å². The number of hydrogen-bond donors (Lipinski definition) is 0. The molecule has 45 heavy (non-hydrogen) atoms. The maximum absolute atomic E-state index is 4.95. The molecule has 0 atom stereocenters. The topological polar surface area (TPSA) is 106 Å². The minimum absolute atomic E-state index is 0. The van der Waals surface area contributed by atoms with Crippen LogP contribution in [0.15, 0.2) is 109 Å². The van der Waals surface area contributed by atoms with E-state index in [-0.39, 0.29) is 17.1 Å². The standard InChI is InChI=1S/C32H16N8.C4H8.Cu/c1-2-10-18-17(9-1)25-33-26(18)38-28-21-13-5-6-14-22(21)30(35-28)40-32-24-16-8-7-15-23(24)31(36-32)39-29-20-12-4-3-11-19(20)27(34-29)37-25;1-3-4-2;/h1-16H;3-4H,1-2H3;/q-2;;+2/b;4-3-;. The van der Waals surface area contributed by atoms with Crippen molar-refractivity contribution in [2.24, 2.45) is 0 Å². The van der Waals surface area contributed by atoms with E-state index < -0.39 is 0 Å². The van der Waals surface area contributed by atoms with Crippen LogP contribution in [0.3, 0.4) is 0 Å². The van der Waals surface area contributed by atoms with Crippen LogP contribution in [-0.4, -0.2) is 29.9 Å². The fourth-order valence-electron chi connectivity index (χ4n) is 5.46. The summed E-state index contributed by atoms with van der Waals surface area (Å²) in [6.07, 6.45) is 4.00. The van der Waals surface area contributed by atoms with Crippen LogP contribution < -0.4 is 9.97 Å². The van der Waals surface area contributed by atoms with Crippen molar-refractivity contribution < 1.29 is 17.1 Å². The Morgan fingerprint density at radius 2 is 0.622 bits per heavy atom. The number of aromatic nitrogens is 8. The molecule has 0 amide bonds. The minimum Gasteiger partial charge on any atom is -0.357 e. The number of fused-ring (bicyclic) bond motifs is 20. The zero-order chi connectivity index (χ0) is 29.6. The molecular formula is C36H24CuN8. The van der Waals surface area contributed by atoms with Gasteiger partial charge in [-0.2, -0.15) is 0 Å². The van der Waals surface area contributed by atoms with Crippen LogP contribution in [0.25, 0.3) is 89.7 Å². The zero-order valence-electron chi connectivity index (χ0n) is 24.3. The summed E-state index contributed by atoms with van der Waals surface area (Å²) in [7, 11) is 0. The van der Waals surface area contributed by atoms with E-state index in [1.807, 2.05) is 123 Å². The third-order valence-corrected chi connectivity index (χ3v) is 7.66. The van der Waals surface area contributed by atoms with E-state index in [4.69, 9.17) is 39.9 Å². The van der Waals surface area contributed by atoms with Gasteiger partial charge in [-0.25, -0.2) is 9.97 Å². The van der Waals surface area contributed by atoms with Crippen molar-refractivity contribution in [1.29, 1.82) is 0 Å². The summed E-state index contributed by atoms with van der Waals surface area (Å²) >= 11 is 0. The molecular weight excluding hydrogens is 608 g/mol. The molecule has 0 unspecified atom stereocenters. The summed E-state index contributed by atoms with van der Waals surface area (Å²) in [4.78, 5) is 39.3. The second-order valence-corrected chi connectivity index (χ2v) is 10.3. The molecule has 9 heteroatoms. The molecule has 4 aromatic carbocycles. The van der Waals surface area contributed by atoms with Gasteiger partial charge in [-0.1, -0.05) is 109 Å². The first-order valence-corrected chi connectivity index (χ1v) is 14.4. The van der Waals surface area contributed by atoms with Gasteiger partial charge in [-0.3, -0.25) is 0 Å². The summed E-state index contributed by atoms with van der Waals surface area (Å²) < 4.78 is 0. The molecule has 2 aliphatic rings. The fraction of sp³-hybridized carbons (Fsp3) is 0.0556. The van der Waals surface area contributed by atoms with Gasteiger partial charge in [0, 0.05) is 44.8 Å².